The van der Waals surface area contributed by atoms with Gasteiger partial charge in [0.05, 0.1) is 6.42 Å². The average Bonchev–Trinajstić information content (AvgIpc) is 2.36. The molecule has 2 aromatic rings. The van der Waals surface area contributed by atoms with Crippen LogP contribution in [0.5, 0.6) is 11.5 Å². The molecule has 0 fully saturated rings. The minimum absolute atomic E-state index is 0.259. The smallest absolute Gasteiger partial charge is 0.221 e. The van der Waals surface area contributed by atoms with Gasteiger partial charge in [-0.1, -0.05) is 30.3 Å². The third-order valence-corrected chi connectivity index (χ3v) is 3.15. The summed E-state index contributed by atoms with van der Waals surface area (Å²) in [6.45, 7) is 0. The van der Waals surface area contributed by atoms with Gasteiger partial charge in [-0.25, -0.2) is 0 Å². The number of hydrogen-bond donors (Lipinski definition) is 1. The van der Waals surface area contributed by atoms with Crippen LogP contribution in [0.25, 0.3) is 0 Å². The van der Waals surface area contributed by atoms with E-state index in [0.29, 0.717) is 0 Å². The molecule has 90 valence electrons. The first-order chi connectivity index (χ1) is 8.74. The molecule has 3 rings (SSSR count). The lowest BCUT2D eigenvalue weighted by molar-refractivity contribution is -0.117. The highest BCUT2D eigenvalue weighted by Gasteiger charge is 2.19. The van der Waals surface area contributed by atoms with Gasteiger partial charge in [0.15, 0.2) is 0 Å². The third-order valence-electron chi connectivity index (χ3n) is 3.15. The molecular weight excluding hydrogens is 226 g/mol. The van der Waals surface area contributed by atoms with Crippen molar-refractivity contribution in [3.05, 3.63) is 59.2 Å². The molecule has 0 unspecified atom stereocenters. The van der Waals surface area contributed by atoms with Crippen LogP contribution in [0.15, 0.2) is 42.5 Å². The minimum atomic E-state index is -0.317. The highest BCUT2D eigenvalue weighted by Crippen LogP contribution is 2.37. The van der Waals surface area contributed by atoms with Crippen LogP contribution in [0.4, 0.5) is 0 Å². The molecule has 1 heterocycles. The second-order valence-corrected chi connectivity index (χ2v) is 4.42. The Morgan fingerprint density at radius 1 is 1.11 bits per heavy atom. The van der Waals surface area contributed by atoms with Crippen molar-refractivity contribution in [2.75, 3.05) is 0 Å². The first-order valence-electron chi connectivity index (χ1n) is 5.89. The lowest BCUT2D eigenvalue weighted by Crippen LogP contribution is -2.16. The molecule has 0 bridgehead atoms. The van der Waals surface area contributed by atoms with E-state index in [0.717, 1.165) is 34.6 Å². The monoisotopic (exact) mass is 239 g/mol. The van der Waals surface area contributed by atoms with E-state index in [9.17, 15) is 4.79 Å². The van der Waals surface area contributed by atoms with Gasteiger partial charge < -0.3 is 10.5 Å². The first kappa shape index (κ1) is 10.8. The zero-order chi connectivity index (χ0) is 12.5. The van der Waals surface area contributed by atoms with Crippen molar-refractivity contribution >= 4 is 5.91 Å². The van der Waals surface area contributed by atoms with Gasteiger partial charge in [-0.2, -0.15) is 0 Å². The fraction of sp³-hybridized carbons (Fsp3) is 0.133. The molecule has 0 aromatic heterocycles. The number of benzene rings is 2. The van der Waals surface area contributed by atoms with E-state index in [4.69, 9.17) is 10.5 Å². The SMILES string of the molecule is NC(=O)Cc1cccc2c1Cc1ccccc1O2. The van der Waals surface area contributed by atoms with Crippen LogP contribution in [-0.2, 0) is 17.6 Å². The van der Waals surface area contributed by atoms with Crippen molar-refractivity contribution in [1.29, 1.82) is 0 Å². The summed E-state index contributed by atoms with van der Waals surface area (Å²) >= 11 is 0. The van der Waals surface area contributed by atoms with Gasteiger partial charge in [-0.15, -0.1) is 0 Å². The fourth-order valence-corrected chi connectivity index (χ4v) is 2.32. The topological polar surface area (TPSA) is 52.3 Å². The van der Waals surface area contributed by atoms with E-state index in [1.165, 1.54) is 0 Å². The van der Waals surface area contributed by atoms with E-state index < -0.39 is 0 Å². The maximum atomic E-state index is 11.1. The number of carbonyl (C=O) groups is 1. The summed E-state index contributed by atoms with van der Waals surface area (Å²) in [5, 5.41) is 0. The molecule has 0 saturated carbocycles. The molecule has 2 aromatic carbocycles. The van der Waals surface area contributed by atoms with Crippen LogP contribution in [-0.4, -0.2) is 5.91 Å². The zero-order valence-corrected chi connectivity index (χ0v) is 9.85. The van der Waals surface area contributed by atoms with Gasteiger partial charge in [0.1, 0.15) is 11.5 Å². The normalized spacial score (nSPS) is 12.2. The molecule has 0 saturated heterocycles. The van der Waals surface area contributed by atoms with Gasteiger partial charge in [0, 0.05) is 12.0 Å². The molecule has 0 aliphatic carbocycles. The van der Waals surface area contributed by atoms with Crippen LogP contribution >= 0.6 is 0 Å². The molecule has 3 nitrogen and oxygen atoms in total. The standard InChI is InChI=1S/C15H13NO2/c16-15(17)9-10-5-3-7-14-12(10)8-11-4-1-2-6-13(11)18-14/h1-7H,8-9H2,(H2,16,17). The Kier molecular flexibility index (Phi) is 2.52. The molecule has 1 amide bonds. The number of rotatable bonds is 2. The molecule has 1 aliphatic heterocycles. The Labute approximate surface area is 105 Å². The zero-order valence-electron chi connectivity index (χ0n) is 9.85. The summed E-state index contributed by atoms with van der Waals surface area (Å²) in [7, 11) is 0. The predicted molar refractivity (Wildman–Crippen MR) is 68.7 cm³/mol. The molecule has 0 radical (unpaired) electrons. The van der Waals surface area contributed by atoms with Crippen molar-refractivity contribution < 1.29 is 9.53 Å². The van der Waals surface area contributed by atoms with E-state index in [1.807, 2.05) is 42.5 Å². The number of amides is 1. The van der Waals surface area contributed by atoms with Crippen LogP contribution in [0.3, 0.4) is 0 Å². The largest absolute Gasteiger partial charge is 0.457 e. The second kappa shape index (κ2) is 4.18. The van der Waals surface area contributed by atoms with Crippen LogP contribution in [0.2, 0.25) is 0 Å². The summed E-state index contributed by atoms with van der Waals surface area (Å²) in [6, 6.07) is 13.7. The van der Waals surface area contributed by atoms with Crippen molar-refractivity contribution in [1.82, 2.24) is 0 Å². The van der Waals surface area contributed by atoms with Crippen LogP contribution in [0.1, 0.15) is 16.7 Å². The summed E-state index contributed by atoms with van der Waals surface area (Å²) in [5.41, 5.74) is 8.43. The van der Waals surface area contributed by atoms with Crippen molar-refractivity contribution in [3.8, 4) is 11.5 Å². The Morgan fingerprint density at radius 3 is 2.72 bits per heavy atom. The third kappa shape index (κ3) is 1.84. The van der Waals surface area contributed by atoms with Crippen molar-refractivity contribution in [2.45, 2.75) is 12.8 Å². The molecule has 1 aliphatic rings. The molecule has 0 spiro atoms. The van der Waals surface area contributed by atoms with E-state index in [-0.39, 0.29) is 12.3 Å². The Hall–Kier alpha value is -2.29. The van der Waals surface area contributed by atoms with Gasteiger partial charge in [0.25, 0.3) is 0 Å². The highest BCUT2D eigenvalue weighted by atomic mass is 16.5. The van der Waals surface area contributed by atoms with Gasteiger partial charge in [-0.05, 0) is 23.3 Å². The number of ether oxygens (including phenoxy) is 1. The van der Waals surface area contributed by atoms with Gasteiger partial charge in [0.2, 0.25) is 5.91 Å². The van der Waals surface area contributed by atoms with E-state index in [1.54, 1.807) is 0 Å². The number of primary amides is 1. The number of hydrogen-bond acceptors (Lipinski definition) is 2. The Morgan fingerprint density at radius 2 is 1.89 bits per heavy atom. The molecule has 18 heavy (non-hydrogen) atoms. The number of nitrogens with two attached hydrogens (primary N) is 1. The van der Waals surface area contributed by atoms with Crippen LogP contribution < -0.4 is 10.5 Å². The summed E-state index contributed by atoms with van der Waals surface area (Å²) in [5.74, 6) is 1.40. The minimum Gasteiger partial charge on any atom is -0.457 e. The number of fused-ring (bicyclic) bond motifs is 2. The second-order valence-electron chi connectivity index (χ2n) is 4.42. The van der Waals surface area contributed by atoms with Gasteiger partial charge in [-0.3, -0.25) is 4.79 Å². The van der Waals surface area contributed by atoms with Gasteiger partial charge >= 0.3 is 0 Å². The first-order valence-corrected chi connectivity index (χ1v) is 5.89. The maximum Gasteiger partial charge on any atom is 0.221 e. The summed E-state index contributed by atoms with van der Waals surface area (Å²) in [6.07, 6.45) is 1.05. The Bertz CT molecular complexity index is 620. The fourth-order valence-electron chi connectivity index (χ4n) is 2.32. The van der Waals surface area contributed by atoms with E-state index in [2.05, 4.69) is 0 Å². The molecule has 0 atom stereocenters. The Balaban J connectivity index is 2.04. The van der Waals surface area contributed by atoms with Crippen LogP contribution in [0, 0.1) is 0 Å². The summed E-state index contributed by atoms with van der Waals surface area (Å²) < 4.78 is 5.85. The lowest BCUT2D eigenvalue weighted by Gasteiger charge is -2.22. The van der Waals surface area contributed by atoms with E-state index >= 15 is 0 Å². The average molecular weight is 239 g/mol. The van der Waals surface area contributed by atoms with Crippen molar-refractivity contribution in [2.24, 2.45) is 5.73 Å². The quantitative estimate of drug-likeness (QED) is 0.746. The number of carbonyl (C=O) groups excluding carboxylic acids is 1. The maximum absolute atomic E-state index is 11.1. The molecular formula is C15H13NO2. The molecule has 3 heteroatoms. The number of para-hydroxylation sites is 1. The lowest BCUT2D eigenvalue weighted by atomic mass is 9.94. The molecule has 2 N–H and O–H groups in total. The predicted octanol–water partition coefficient (Wildman–Crippen LogP) is 2.41. The van der Waals surface area contributed by atoms with Crippen molar-refractivity contribution in [3.63, 3.8) is 0 Å². The highest BCUT2D eigenvalue weighted by molar-refractivity contribution is 5.77. The summed E-state index contributed by atoms with van der Waals surface area (Å²) in [4.78, 5) is 11.1.